The Kier molecular flexibility index (Phi) is 5.55. The lowest BCUT2D eigenvalue weighted by Crippen LogP contribution is -2.23. The summed E-state index contributed by atoms with van der Waals surface area (Å²) in [6, 6.07) is 10.8. The number of aromatic nitrogens is 3. The summed E-state index contributed by atoms with van der Waals surface area (Å²) in [5.41, 5.74) is 3.07. The van der Waals surface area contributed by atoms with Crippen LogP contribution in [0.1, 0.15) is 47.6 Å². The number of benzene rings is 1. The molecule has 1 amide bonds. The van der Waals surface area contributed by atoms with Gasteiger partial charge in [0, 0.05) is 23.0 Å². The second kappa shape index (κ2) is 8.09. The highest BCUT2D eigenvalue weighted by Crippen LogP contribution is 2.40. The fourth-order valence-electron chi connectivity index (χ4n) is 3.09. The van der Waals surface area contributed by atoms with Gasteiger partial charge >= 0.3 is 0 Å². The number of hydrogen-bond acceptors (Lipinski definition) is 5. The van der Waals surface area contributed by atoms with Crippen molar-refractivity contribution in [2.45, 2.75) is 56.5 Å². The predicted octanol–water partition coefficient (Wildman–Crippen LogP) is 5.00. The lowest BCUT2D eigenvalue weighted by molar-refractivity contribution is -0.115. The van der Waals surface area contributed by atoms with Gasteiger partial charge in [0.25, 0.3) is 0 Å². The minimum absolute atomic E-state index is 0.0103. The van der Waals surface area contributed by atoms with Gasteiger partial charge in [-0.1, -0.05) is 30.0 Å². The van der Waals surface area contributed by atoms with Crippen LogP contribution in [0.2, 0.25) is 0 Å². The molecule has 3 aromatic rings. The molecule has 1 aromatic carbocycles. The van der Waals surface area contributed by atoms with Gasteiger partial charge in [-0.3, -0.25) is 4.79 Å². The van der Waals surface area contributed by atoms with Crippen LogP contribution in [-0.2, 0) is 11.2 Å². The van der Waals surface area contributed by atoms with E-state index in [0.717, 1.165) is 47.1 Å². The van der Waals surface area contributed by atoms with Gasteiger partial charge < -0.3 is 9.88 Å². The van der Waals surface area contributed by atoms with Crippen molar-refractivity contribution in [3.8, 4) is 0 Å². The lowest BCUT2D eigenvalue weighted by Gasteiger charge is -2.15. The molecule has 1 aliphatic carbocycles. The van der Waals surface area contributed by atoms with E-state index in [0.29, 0.717) is 6.04 Å². The van der Waals surface area contributed by atoms with Crippen molar-refractivity contribution in [2.75, 3.05) is 5.32 Å². The zero-order chi connectivity index (χ0) is 19.7. The van der Waals surface area contributed by atoms with Crippen molar-refractivity contribution in [3.05, 3.63) is 57.5 Å². The number of amides is 1. The number of nitrogens with one attached hydrogen (secondary N) is 1. The fraction of sp³-hybridized carbons (Fsp3) is 0.381. The molecule has 7 heteroatoms. The van der Waals surface area contributed by atoms with Gasteiger partial charge in [0.15, 0.2) is 5.16 Å². The van der Waals surface area contributed by atoms with Crippen LogP contribution in [0, 0.1) is 13.8 Å². The number of thiophene rings is 1. The van der Waals surface area contributed by atoms with Crippen LogP contribution in [0.5, 0.6) is 0 Å². The molecule has 5 nitrogen and oxygen atoms in total. The van der Waals surface area contributed by atoms with E-state index >= 15 is 0 Å². The Labute approximate surface area is 173 Å². The highest BCUT2D eigenvalue weighted by Gasteiger charge is 2.31. The largest absolute Gasteiger partial charge is 0.325 e. The van der Waals surface area contributed by atoms with E-state index in [-0.39, 0.29) is 11.2 Å². The molecule has 0 radical (unpaired) electrons. The third-order valence-corrected chi connectivity index (χ3v) is 6.80. The van der Waals surface area contributed by atoms with Crippen LogP contribution < -0.4 is 5.32 Å². The second-order valence-electron chi connectivity index (χ2n) is 7.32. The molecular formula is C21H24N4OS2. The highest BCUT2D eigenvalue weighted by atomic mass is 32.2. The molecule has 1 atom stereocenters. The number of aryl methyl sites for hydroxylation is 2. The maximum atomic E-state index is 12.8. The summed E-state index contributed by atoms with van der Waals surface area (Å²) in [5, 5.41) is 14.6. The number of carbonyl (C=O) groups is 1. The smallest absolute Gasteiger partial charge is 0.237 e. The predicted molar refractivity (Wildman–Crippen MR) is 115 cm³/mol. The molecule has 28 heavy (non-hydrogen) atoms. The summed E-state index contributed by atoms with van der Waals surface area (Å²) in [6.07, 6.45) is 3.11. The first-order chi connectivity index (χ1) is 13.5. The lowest BCUT2D eigenvalue weighted by atomic mass is 10.1. The average Bonchev–Trinajstić information content (AvgIpc) is 3.22. The van der Waals surface area contributed by atoms with Crippen LogP contribution in [0.3, 0.4) is 0 Å². The van der Waals surface area contributed by atoms with E-state index in [9.17, 15) is 4.79 Å². The van der Waals surface area contributed by atoms with Crippen molar-refractivity contribution in [1.82, 2.24) is 14.8 Å². The molecule has 1 fully saturated rings. The Morgan fingerprint density at radius 3 is 2.86 bits per heavy atom. The number of nitrogens with zero attached hydrogens (tertiary/aromatic N) is 3. The summed E-state index contributed by atoms with van der Waals surface area (Å²) in [4.78, 5) is 14.0. The standard InChI is InChI=1S/C21H24N4OS2/c1-13-6-7-14(2)18(11-13)22-20(26)15(3)28-21-24-23-19(25(21)16-8-9-16)12-17-5-4-10-27-17/h4-7,10-11,15-16H,8-9,12H2,1-3H3,(H,22,26)/t15-/m0/s1. The molecule has 4 rings (SSSR count). The van der Waals surface area contributed by atoms with Crippen molar-refractivity contribution in [1.29, 1.82) is 0 Å². The van der Waals surface area contributed by atoms with E-state index in [1.54, 1.807) is 11.3 Å². The van der Waals surface area contributed by atoms with Gasteiger partial charge in [-0.15, -0.1) is 21.5 Å². The van der Waals surface area contributed by atoms with Crippen molar-refractivity contribution in [3.63, 3.8) is 0 Å². The number of anilines is 1. The van der Waals surface area contributed by atoms with Crippen LogP contribution in [0.15, 0.2) is 40.9 Å². The van der Waals surface area contributed by atoms with E-state index < -0.39 is 0 Å². The average molecular weight is 413 g/mol. The molecular weight excluding hydrogens is 388 g/mol. The third kappa shape index (κ3) is 4.31. The number of rotatable bonds is 7. The monoisotopic (exact) mass is 412 g/mol. The second-order valence-corrected chi connectivity index (χ2v) is 9.66. The third-order valence-electron chi connectivity index (χ3n) is 4.86. The van der Waals surface area contributed by atoms with Crippen LogP contribution in [0.25, 0.3) is 0 Å². The molecule has 0 saturated heterocycles. The van der Waals surface area contributed by atoms with E-state index in [1.165, 1.54) is 16.6 Å². The SMILES string of the molecule is Cc1ccc(C)c(NC(=O)[C@H](C)Sc2nnc(Cc3cccs3)n2C2CC2)c1. The van der Waals surface area contributed by atoms with Gasteiger partial charge in [0.1, 0.15) is 5.82 Å². The Bertz CT molecular complexity index is 976. The van der Waals surface area contributed by atoms with E-state index in [1.807, 2.05) is 32.9 Å². The van der Waals surface area contributed by atoms with Gasteiger partial charge in [-0.25, -0.2) is 0 Å². The Balaban J connectivity index is 1.48. The normalized spacial score (nSPS) is 14.8. The fourth-order valence-corrected chi connectivity index (χ4v) is 4.73. The summed E-state index contributed by atoms with van der Waals surface area (Å²) in [5.74, 6) is 0.985. The molecule has 2 heterocycles. The van der Waals surface area contributed by atoms with Crippen molar-refractivity contribution >= 4 is 34.7 Å². The summed E-state index contributed by atoms with van der Waals surface area (Å²) < 4.78 is 2.24. The number of hydrogen-bond donors (Lipinski definition) is 1. The van der Waals surface area contributed by atoms with Gasteiger partial charge in [0.05, 0.1) is 5.25 Å². The van der Waals surface area contributed by atoms with Crippen LogP contribution in [0.4, 0.5) is 5.69 Å². The molecule has 1 aliphatic rings. The van der Waals surface area contributed by atoms with Gasteiger partial charge in [-0.2, -0.15) is 0 Å². The first-order valence-electron chi connectivity index (χ1n) is 9.52. The van der Waals surface area contributed by atoms with E-state index in [4.69, 9.17) is 0 Å². The van der Waals surface area contributed by atoms with Crippen LogP contribution in [-0.4, -0.2) is 25.9 Å². The Morgan fingerprint density at radius 1 is 1.32 bits per heavy atom. The maximum Gasteiger partial charge on any atom is 0.237 e. The van der Waals surface area contributed by atoms with Gasteiger partial charge in [-0.05, 0) is 62.3 Å². The summed E-state index contributed by atoms with van der Waals surface area (Å²) in [6.45, 7) is 5.96. The topological polar surface area (TPSA) is 59.8 Å². The summed E-state index contributed by atoms with van der Waals surface area (Å²) in [7, 11) is 0. The number of carbonyl (C=O) groups excluding carboxylic acids is 1. The molecule has 0 bridgehead atoms. The zero-order valence-electron chi connectivity index (χ0n) is 16.3. The quantitative estimate of drug-likeness (QED) is 0.555. The zero-order valence-corrected chi connectivity index (χ0v) is 17.9. The molecule has 0 aliphatic heterocycles. The molecule has 1 N–H and O–H groups in total. The van der Waals surface area contributed by atoms with Crippen molar-refractivity contribution < 1.29 is 4.79 Å². The summed E-state index contributed by atoms with van der Waals surface area (Å²) >= 11 is 3.23. The highest BCUT2D eigenvalue weighted by molar-refractivity contribution is 8.00. The first kappa shape index (κ1) is 19.2. The Morgan fingerprint density at radius 2 is 2.14 bits per heavy atom. The number of thioether (sulfide) groups is 1. The minimum atomic E-state index is -0.254. The molecule has 146 valence electrons. The minimum Gasteiger partial charge on any atom is -0.325 e. The molecule has 0 spiro atoms. The van der Waals surface area contributed by atoms with E-state index in [2.05, 4.69) is 43.7 Å². The maximum absolute atomic E-state index is 12.8. The van der Waals surface area contributed by atoms with Gasteiger partial charge in [0.2, 0.25) is 5.91 Å². The van der Waals surface area contributed by atoms with Crippen LogP contribution >= 0.6 is 23.1 Å². The molecule has 1 saturated carbocycles. The molecule has 2 aromatic heterocycles. The molecule has 0 unspecified atom stereocenters. The Hall–Kier alpha value is -2.12. The van der Waals surface area contributed by atoms with Crippen molar-refractivity contribution in [2.24, 2.45) is 0 Å². The first-order valence-corrected chi connectivity index (χ1v) is 11.3.